The lowest BCUT2D eigenvalue weighted by atomic mass is 10.1. The van der Waals surface area contributed by atoms with E-state index < -0.39 is 0 Å². The summed E-state index contributed by atoms with van der Waals surface area (Å²) in [4.78, 5) is 1.32. The van der Waals surface area contributed by atoms with Gasteiger partial charge in [-0.05, 0) is 45.0 Å². The molecule has 1 N–H and O–H groups in total. The topological polar surface area (TPSA) is 21.3 Å². The average Bonchev–Trinajstić information content (AvgIpc) is 2.74. The van der Waals surface area contributed by atoms with E-state index in [-0.39, 0.29) is 0 Å². The van der Waals surface area contributed by atoms with Crippen LogP contribution < -0.4 is 5.32 Å². The second kappa shape index (κ2) is 6.42. The van der Waals surface area contributed by atoms with Gasteiger partial charge in [-0.25, -0.2) is 0 Å². The van der Waals surface area contributed by atoms with Gasteiger partial charge in [-0.15, -0.1) is 11.8 Å². The number of nitrogens with one attached hydrogen (secondary N) is 1. The number of thioether (sulfide) groups is 1. The lowest BCUT2D eigenvalue weighted by Gasteiger charge is -2.16. The minimum Gasteiger partial charge on any atom is -0.377 e. The molecule has 0 aliphatic carbocycles. The molecular weight excluding hydrogens is 310 g/mol. The Morgan fingerprint density at radius 3 is 2.83 bits per heavy atom. The molecule has 1 heterocycles. The maximum Gasteiger partial charge on any atom is 0.0669 e. The minimum absolute atomic E-state index is 0.365. The molecule has 3 unspecified atom stereocenters. The van der Waals surface area contributed by atoms with Gasteiger partial charge >= 0.3 is 0 Å². The predicted molar refractivity (Wildman–Crippen MR) is 81.3 cm³/mol. The first kappa shape index (κ1) is 14.4. The summed E-state index contributed by atoms with van der Waals surface area (Å²) in [6.45, 7) is 5.23. The molecule has 2 rings (SSSR count). The molecule has 1 aromatic carbocycles. The Labute approximate surface area is 122 Å². The van der Waals surface area contributed by atoms with Crippen LogP contribution in [0.1, 0.15) is 31.9 Å². The van der Waals surface area contributed by atoms with Crippen molar-refractivity contribution in [3.8, 4) is 0 Å². The third-order valence-corrected chi connectivity index (χ3v) is 5.60. The van der Waals surface area contributed by atoms with Crippen LogP contribution in [0, 0.1) is 0 Å². The highest BCUT2D eigenvalue weighted by Gasteiger charge is 2.25. The quantitative estimate of drug-likeness (QED) is 0.902. The Hall–Kier alpha value is -0.0300. The van der Waals surface area contributed by atoms with E-state index in [0.717, 1.165) is 13.0 Å². The molecule has 0 aromatic heterocycles. The van der Waals surface area contributed by atoms with Gasteiger partial charge in [0.25, 0.3) is 0 Å². The summed E-state index contributed by atoms with van der Waals surface area (Å²) in [5.41, 5.74) is 1.30. The van der Waals surface area contributed by atoms with Gasteiger partial charge < -0.3 is 10.1 Å². The number of ether oxygens (including phenoxy) is 1. The van der Waals surface area contributed by atoms with E-state index in [1.54, 1.807) is 0 Å². The van der Waals surface area contributed by atoms with Gasteiger partial charge in [0, 0.05) is 27.3 Å². The molecule has 3 atom stereocenters. The van der Waals surface area contributed by atoms with E-state index in [0.29, 0.717) is 17.4 Å². The van der Waals surface area contributed by atoms with Crippen LogP contribution in [0.25, 0.3) is 0 Å². The van der Waals surface area contributed by atoms with Crippen molar-refractivity contribution in [1.82, 2.24) is 5.32 Å². The van der Waals surface area contributed by atoms with Crippen molar-refractivity contribution in [2.75, 3.05) is 13.7 Å². The lowest BCUT2D eigenvalue weighted by Crippen LogP contribution is -2.14. The second-order valence-corrected chi connectivity index (χ2v) is 6.88. The monoisotopic (exact) mass is 329 g/mol. The largest absolute Gasteiger partial charge is 0.377 e. The first-order valence-electron chi connectivity index (χ1n) is 6.36. The Morgan fingerprint density at radius 1 is 1.50 bits per heavy atom. The Morgan fingerprint density at radius 2 is 2.28 bits per heavy atom. The molecule has 0 radical (unpaired) electrons. The number of hydrogen-bond acceptors (Lipinski definition) is 3. The first-order valence-corrected chi connectivity index (χ1v) is 8.04. The average molecular weight is 330 g/mol. The van der Waals surface area contributed by atoms with Gasteiger partial charge in [0.2, 0.25) is 0 Å². The van der Waals surface area contributed by atoms with Crippen molar-refractivity contribution in [3.63, 3.8) is 0 Å². The summed E-state index contributed by atoms with van der Waals surface area (Å²) in [5.74, 6) is 0. The molecule has 2 nitrogen and oxygen atoms in total. The molecule has 1 aliphatic heterocycles. The molecule has 0 bridgehead atoms. The fourth-order valence-corrected chi connectivity index (χ4v) is 4.17. The van der Waals surface area contributed by atoms with Gasteiger partial charge in [0.15, 0.2) is 0 Å². The van der Waals surface area contributed by atoms with Crippen molar-refractivity contribution in [1.29, 1.82) is 0 Å². The lowest BCUT2D eigenvalue weighted by molar-refractivity contribution is 0.127. The van der Waals surface area contributed by atoms with Crippen LogP contribution in [0.5, 0.6) is 0 Å². The minimum atomic E-state index is 0.365. The van der Waals surface area contributed by atoms with Crippen molar-refractivity contribution in [2.24, 2.45) is 0 Å². The van der Waals surface area contributed by atoms with E-state index in [1.165, 1.54) is 14.9 Å². The summed E-state index contributed by atoms with van der Waals surface area (Å²) in [5, 5.41) is 3.85. The molecule has 0 saturated carbocycles. The van der Waals surface area contributed by atoms with Gasteiger partial charge in [-0.2, -0.15) is 0 Å². The Bertz CT molecular complexity index is 413. The number of rotatable bonds is 4. The summed E-state index contributed by atoms with van der Waals surface area (Å²) < 4.78 is 6.79. The number of hydrogen-bond donors (Lipinski definition) is 1. The molecule has 1 aromatic rings. The van der Waals surface area contributed by atoms with Crippen LogP contribution in [-0.2, 0) is 4.74 Å². The third kappa shape index (κ3) is 3.29. The number of halogens is 1. The third-order valence-electron chi connectivity index (χ3n) is 3.47. The Balaban J connectivity index is 2.09. The zero-order valence-corrected chi connectivity index (χ0v) is 13.5. The molecule has 1 saturated heterocycles. The summed E-state index contributed by atoms with van der Waals surface area (Å²) in [7, 11) is 1.98. The maximum absolute atomic E-state index is 5.60. The molecule has 1 aliphatic rings. The standard InChI is InChI=1S/C14H20BrNOS/c1-9(16-3)12-5-4-11(8-13(12)15)18-14-6-7-17-10(14)2/h4-5,8-10,14,16H,6-7H2,1-3H3. The summed E-state index contributed by atoms with van der Waals surface area (Å²) in [6, 6.07) is 7.00. The SMILES string of the molecule is CNC(C)c1ccc(SC2CCOC2C)cc1Br. The Kier molecular flexibility index (Phi) is 5.13. The summed E-state index contributed by atoms with van der Waals surface area (Å²) >= 11 is 5.59. The van der Waals surface area contributed by atoms with Crippen LogP contribution in [0.15, 0.2) is 27.6 Å². The molecule has 0 spiro atoms. The molecule has 18 heavy (non-hydrogen) atoms. The van der Waals surface area contributed by atoms with Crippen LogP contribution in [0.3, 0.4) is 0 Å². The van der Waals surface area contributed by atoms with E-state index in [1.807, 2.05) is 18.8 Å². The predicted octanol–water partition coefficient (Wildman–Crippen LogP) is 4.00. The van der Waals surface area contributed by atoms with Gasteiger partial charge in [-0.1, -0.05) is 22.0 Å². The van der Waals surface area contributed by atoms with Crippen molar-refractivity contribution in [2.45, 2.75) is 42.6 Å². The van der Waals surface area contributed by atoms with E-state index in [9.17, 15) is 0 Å². The molecular formula is C14H20BrNOS. The smallest absolute Gasteiger partial charge is 0.0669 e. The van der Waals surface area contributed by atoms with Crippen molar-refractivity contribution >= 4 is 27.7 Å². The maximum atomic E-state index is 5.60. The zero-order chi connectivity index (χ0) is 13.1. The fourth-order valence-electron chi connectivity index (χ4n) is 2.13. The van der Waals surface area contributed by atoms with Crippen molar-refractivity contribution in [3.05, 3.63) is 28.2 Å². The van der Waals surface area contributed by atoms with Crippen molar-refractivity contribution < 1.29 is 4.74 Å². The van der Waals surface area contributed by atoms with Gasteiger partial charge in [0.1, 0.15) is 0 Å². The molecule has 4 heteroatoms. The first-order chi connectivity index (χ1) is 8.61. The molecule has 1 fully saturated rings. The van der Waals surface area contributed by atoms with E-state index >= 15 is 0 Å². The second-order valence-electron chi connectivity index (χ2n) is 4.71. The number of benzene rings is 1. The fraction of sp³-hybridized carbons (Fsp3) is 0.571. The molecule has 100 valence electrons. The highest BCUT2D eigenvalue weighted by Crippen LogP contribution is 2.35. The van der Waals surface area contributed by atoms with Crippen LogP contribution in [0.4, 0.5) is 0 Å². The highest BCUT2D eigenvalue weighted by atomic mass is 79.9. The van der Waals surface area contributed by atoms with Gasteiger partial charge in [0.05, 0.1) is 6.10 Å². The van der Waals surface area contributed by atoms with E-state index in [4.69, 9.17) is 4.74 Å². The van der Waals surface area contributed by atoms with Gasteiger partial charge in [-0.3, -0.25) is 0 Å². The summed E-state index contributed by atoms with van der Waals surface area (Å²) in [6.07, 6.45) is 1.52. The normalized spacial score (nSPS) is 25.3. The zero-order valence-electron chi connectivity index (χ0n) is 11.1. The van der Waals surface area contributed by atoms with E-state index in [2.05, 4.69) is 53.3 Å². The van der Waals surface area contributed by atoms with Crippen LogP contribution in [0.2, 0.25) is 0 Å². The molecule has 0 amide bonds. The van der Waals surface area contributed by atoms with Crippen LogP contribution in [-0.4, -0.2) is 25.0 Å². The highest BCUT2D eigenvalue weighted by molar-refractivity contribution is 9.10. The van der Waals surface area contributed by atoms with Crippen LogP contribution >= 0.6 is 27.7 Å².